The van der Waals surface area contributed by atoms with Crippen molar-refractivity contribution in [2.24, 2.45) is 33.5 Å². The van der Waals surface area contributed by atoms with Gasteiger partial charge in [-0.2, -0.15) is 0 Å². The summed E-state index contributed by atoms with van der Waals surface area (Å²) in [5, 5.41) is 25.0. The van der Waals surface area contributed by atoms with E-state index in [0.29, 0.717) is 13.0 Å². The Morgan fingerprint density at radius 1 is 0.724 bits per heavy atom. The fraction of sp³-hybridized carbons (Fsp3) is 0.442. The van der Waals surface area contributed by atoms with E-state index in [1.807, 2.05) is 42.5 Å². The molecule has 3 saturated carbocycles. The van der Waals surface area contributed by atoms with E-state index in [4.69, 9.17) is 11.6 Å². The van der Waals surface area contributed by atoms with Gasteiger partial charge in [-0.3, -0.25) is 14.6 Å². The topological polar surface area (TPSA) is 64.0 Å². The Morgan fingerprint density at radius 2 is 1.33 bits per heavy atom. The van der Waals surface area contributed by atoms with Crippen LogP contribution in [0.4, 0.5) is 0 Å². The molecule has 9 unspecified atom stereocenters. The monoisotopic (exact) mass is 792 g/mol. The van der Waals surface area contributed by atoms with Gasteiger partial charge in [-0.15, -0.1) is 0 Å². The third-order valence-corrected chi connectivity index (χ3v) is 17.0. The van der Waals surface area contributed by atoms with Gasteiger partial charge in [0.25, 0.3) is 0 Å². The van der Waals surface area contributed by atoms with E-state index in [0.717, 1.165) is 92.0 Å². The zero-order valence-electron chi connectivity index (χ0n) is 34.0. The second-order valence-electron chi connectivity index (χ2n) is 19.3. The van der Waals surface area contributed by atoms with Crippen molar-refractivity contribution in [2.45, 2.75) is 76.5 Å². The van der Waals surface area contributed by atoms with Crippen molar-refractivity contribution in [3.8, 4) is 11.1 Å². The maximum absolute atomic E-state index is 15.2. The number of aliphatic hydroxyl groups is 2. The number of carbonyl (C=O) groups excluding carboxylic acids is 1. The summed E-state index contributed by atoms with van der Waals surface area (Å²) < 4.78 is 0. The number of hydrogen-bond donors (Lipinski definition) is 2. The molecule has 2 N–H and O–H groups in total. The number of rotatable bonds is 8. The summed E-state index contributed by atoms with van der Waals surface area (Å²) in [7, 11) is 0. The van der Waals surface area contributed by atoms with Crippen molar-refractivity contribution in [2.75, 3.05) is 32.7 Å². The first-order valence-corrected chi connectivity index (χ1v) is 22.2. The van der Waals surface area contributed by atoms with Gasteiger partial charge in [-0.25, -0.2) is 0 Å². The quantitative estimate of drug-likeness (QED) is 0.137. The minimum absolute atomic E-state index is 0.0559. The Balaban J connectivity index is 0.945. The highest BCUT2D eigenvalue weighted by atomic mass is 35.5. The number of piperazine rings is 1. The highest BCUT2D eigenvalue weighted by Crippen LogP contribution is 2.78. The van der Waals surface area contributed by atoms with Gasteiger partial charge < -0.3 is 10.2 Å². The third kappa shape index (κ3) is 5.74. The molecular weight excluding hydrogens is 736 g/mol. The Bertz CT molecular complexity index is 2230. The normalized spacial score (nSPS) is 36.1. The van der Waals surface area contributed by atoms with Gasteiger partial charge in [0.2, 0.25) is 0 Å². The molecule has 1 saturated heterocycles. The van der Waals surface area contributed by atoms with Crippen LogP contribution in [-0.4, -0.2) is 70.2 Å². The number of benzene rings is 4. The fourth-order valence-corrected chi connectivity index (χ4v) is 13.8. The standard InChI is InChI=1S/C52H57ClN2O3/c1-48-24-21-42(56)33-50(48)27-28-52(43(34-50)47(57)40-15-13-37(14-16-40)36-9-5-3-6-10-36)44(48)22-25-49(2)45(52)23-26-51(49,58)35-54-29-31-55(32-30-54)46(38-11-7-4-8-12-38)39-17-19-41(53)20-18-39/h3-20,27-28,34,42,44-46,56,58H,21-26,29-33,35H2,1-2H3. The van der Waals surface area contributed by atoms with E-state index in [2.05, 4.69) is 109 Å². The van der Waals surface area contributed by atoms with Crippen molar-refractivity contribution in [3.63, 3.8) is 0 Å². The molecule has 7 aliphatic rings. The first-order chi connectivity index (χ1) is 28.0. The molecule has 0 amide bonds. The van der Waals surface area contributed by atoms with Crippen molar-refractivity contribution < 1.29 is 15.0 Å². The summed E-state index contributed by atoms with van der Waals surface area (Å²) in [6, 6.07) is 37.7. The number of carbonyl (C=O) groups is 1. The molecule has 11 rings (SSSR count). The smallest absolute Gasteiger partial charge is 0.189 e. The Morgan fingerprint density at radius 3 is 2.03 bits per heavy atom. The second-order valence-corrected chi connectivity index (χ2v) is 19.7. The number of hydrogen-bond acceptors (Lipinski definition) is 5. The number of β-amino-alcohol motifs (C(OH)–C–C–N with tert-alkyl or cyclic N) is 1. The molecule has 9 atom stereocenters. The summed E-state index contributed by atoms with van der Waals surface area (Å²) in [5.41, 5.74) is 4.30. The zero-order chi connectivity index (χ0) is 39.9. The SMILES string of the molecule is CC12CCC(O)CC13C=CC1(C(C(=O)c4ccc(-c5ccccc5)cc4)=C3)C2CCC2(C)C1CCC2(O)CN1CCN(C(c2ccccc2)c2ccc(Cl)cc2)CC1. The molecule has 0 radical (unpaired) electrons. The molecule has 58 heavy (non-hydrogen) atoms. The van der Waals surface area contributed by atoms with Gasteiger partial charge in [-0.1, -0.05) is 141 Å². The summed E-state index contributed by atoms with van der Waals surface area (Å²) in [5.74, 6) is 0.520. The Labute approximate surface area is 349 Å². The molecule has 6 aliphatic carbocycles. The number of aliphatic hydroxyl groups excluding tert-OH is 1. The largest absolute Gasteiger partial charge is 0.393 e. The van der Waals surface area contributed by atoms with Crippen LogP contribution in [0.25, 0.3) is 11.1 Å². The molecule has 1 heterocycles. The minimum Gasteiger partial charge on any atom is -0.393 e. The van der Waals surface area contributed by atoms with Crippen LogP contribution < -0.4 is 0 Å². The lowest BCUT2D eigenvalue weighted by atomic mass is 9.32. The molecule has 300 valence electrons. The number of Topliss-reactive ketones (excluding diaryl/α,β-unsaturated/α-hetero) is 1. The average Bonchev–Trinajstić information content (AvgIpc) is 3.52. The Hall–Kier alpha value is -3.84. The van der Waals surface area contributed by atoms with Gasteiger partial charge in [0, 0.05) is 65.1 Å². The molecule has 1 aliphatic heterocycles. The van der Waals surface area contributed by atoms with Crippen LogP contribution in [-0.2, 0) is 0 Å². The maximum Gasteiger partial charge on any atom is 0.189 e. The summed E-state index contributed by atoms with van der Waals surface area (Å²) >= 11 is 6.32. The first-order valence-electron chi connectivity index (χ1n) is 21.8. The summed E-state index contributed by atoms with van der Waals surface area (Å²) in [6.45, 7) is 9.07. The molecule has 6 heteroatoms. The van der Waals surface area contributed by atoms with E-state index in [1.165, 1.54) is 11.1 Å². The second kappa shape index (κ2) is 14.1. The minimum atomic E-state index is -0.871. The number of allylic oxidation sites excluding steroid dienone is 4. The summed E-state index contributed by atoms with van der Waals surface area (Å²) in [4.78, 5) is 20.3. The molecule has 4 aromatic rings. The number of nitrogens with zero attached hydrogens (tertiary/aromatic N) is 2. The number of fused-ring (bicyclic) bond motifs is 1. The highest BCUT2D eigenvalue weighted by molar-refractivity contribution is 6.30. The van der Waals surface area contributed by atoms with Crippen LogP contribution in [0.15, 0.2) is 133 Å². The molecule has 0 aromatic heterocycles. The van der Waals surface area contributed by atoms with Crippen molar-refractivity contribution in [1.82, 2.24) is 9.80 Å². The van der Waals surface area contributed by atoms with E-state index in [1.54, 1.807) is 0 Å². The van der Waals surface area contributed by atoms with Crippen molar-refractivity contribution >= 4 is 17.4 Å². The van der Waals surface area contributed by atoms with Crippen LogP contribution in [0, 0.1) is 33.5 Å². The van der Waals surface area contributed by atoms with Crippen LogP contribution in [0.2, 0.25) is 5.02 Å². The lowest BCUT2D eigenvalue weighted by Crippen LogP contribution is -2.67. The number of halogens is 1. The van der Waals surface area contributed by atoms with Gasteiger partial charge in [0.05, 0.1) is 17.7 Å². The molecule has 4 fully saturated rings. The predicted molar refractivity (Wildman–Crippen MR) is 233 cm³/mol. The van der Waals surface area contributed by atoms with E-state index in [-0.39, 0.29) is 46.0 Å². The lowest BCUT2D eigenvalue weighted by Gasteiger charge is -2.71. The van der Waals surface area contributed by atoms with E-state index >= 15 is 4.79 Å². The van der Waals surface area contributed by atoms with Gasteiger partial charge >= 0.3 is 0 Å². The van der Waals surface area contributed by atoms with Crippen LogP contribution in [0.3, 0.4) is 0 Å². The zero-order valence-corrected chi connectivity index (χ0v) is 34.8. The molecule has 4 aromatic carbocycles. The van der Waals surface area contributed by atoms with Crippen molar-refractivity contribution in [1.29, 1.82) is 0 Å². The third-order valence-electron chi connectivity index (χ3n) is 16.8. The molecular formula is C52H57ClN2O3. The lowest BCUT2D eigenvalue weighted by molar-refractivity contribution is -0.177. The van der Waals surface area contributed by atoms with Gasteiger partial charge in [0.15, 0.2) is 5.78 Å². The van der Waals surface area contributed by atoms with Gasteiger partial charge in [-0.05, 0) is 96.6 Å². The van der Waals surface area contributed by atoms with E-state index < -0.39 is 11.0 Å². The van der Waals surface area contributed by atoms with Gasteiger partial charge in [0.1, 0.15) is 0 Å². The number of ketones is 1. The summed E-state index contributed by atoms with van der Waals surface area (Å²) in [6.07, 6.45) is 12.8. The van der Waals surface area contributed by atoms with Crippen molar-refractivity contribution in [3.05, 3.63) is 155 Å². The molecule has 2 bridgehead atoms. The maximum atomic E-state index is 15.2. The first kappa shape index (κ1) is 38.4. The fourth-order valence-electron chi connectivity index (χ4n) is 13.6. The predicted octanol–water partition coefficient (Wildman–Crippen LogP) is 10.2. The average molecular weight is 793 g/mol. The van der Waals surface area contributed by atoms with Crippen LogP contribution >= 0.6 is 11.6 Å². The molecule has 2 spiro atoms. The Kier molecular flexibility index (Phi) is 9.35. The molecule has 5 nitrogen and oxygen atoms in total. The van der Waals surface area contributed by atoms with Crippen LogP contribution in [0.5, 0.6) is 0 Å². The van der Waals surface area contributed by atoms with E-state index in [9.17, 15) is 10.2 Å². The highest BCUT2D eigenvalue weighted by Gasteiger charge is 2.74. The van der Waals surface area contributed by atoms with Crippen LogP contribution in [0.1, 0.15) is 86.3 Å².